The van der Waals surface area contributed by atoms with E-state index >= 15 is 0 Å². The van der Waals surface area contributed by atoms with Gasteiger partial charge in [-0.1, -0.05) is 31.9 Å². The van der Waals surface area contributed by atoms with E-state index in [4.69, 9.17) is 5.26 Å². The number of halogens is 3. The van der Waals surface area contributed by atoms with Crippen molar-refractivity contribution in [2.75, 3.05) is 11.9 Å². The zero-order valence-electron chi connectivity index (χ0n) is 7.96. The van der Waals surface area contributed by atoms with Gasteiger partial charge in [0.1, 0.15) is 17.3 Å². The van der Waals surface area contributed by atoms with Crippen LogP contribution < -0.4 is 4.90 Å². The molecule has 1 aromatic heterocycles. The van der Waals surface area contributed by atoms with Gasteiger partial charge in [0.25, 0.3) is 5.91 Å². The highest BCUT2D eigenvalue weighted by atomic mass is 79.9. The van der Waals surface area contributed by atoms with Gasteiger partial charge >= 0.3 is 0 Å². The van der Waals surface area contributed by atoms with Crippen molar-refractivity contribution in [3.8, 4) is 6.07 Å². The first-order chi connectivity index (χ1) is 7.41. The minimum Gasteiger partial charge on any atom is -0.310 e. The number of alkyl halides is 2. The van der Waals surface area contributed by atoms with E-state index in [9.17, 15) is 9.18 Å². The zero-order chi connectivity index (χ0) is 12.1. The molecule has 0 saturated heterocycles. The van der Waals surface area contributed by atoms with Crippen molar-refractivity contribution in [2.24, 2.45) is 0 Å². The molecule has 1 aliphatic rings. The number of aromatic nitrogens is 1. The molecule has 0 aromatic carbocycles. The van der Waals surface area contributed by atoms with Gasteiger partial charge in [-0.3, -0.25) is 9.78 Å². The molecule has 2 rings (SSSR count). The Morgan fingerprint density at radius 1 is 1.62 bits per heavy atom. The quantitative estimate of drug-likeness (QED) is 0.674. The van der Waals surface area contributed by atoms with Crippen molar-refractivity contribution in [3.05, 3.63) is 23.3 Å². The van der Waals surface area contributed by atoms with Gasteiger partial charge in [-0.2, -0.15) is 5.26 Å². The maximum atomic E-state index is 13.3. The van der Waals surface area contributed by atoms with Gasteiger partial charge in [0, 0.05) is 7.05 Å². The van der Waals surface area contributed by atoms with E-state index in [0.717, 1.165) is 6.20 Å². The first-order valence-corrected chi connectivity index (χ1v) is 5.75. The molecule has 0 fully saturated rings. The highest BCUT2D eigenvalue weighted by Gasteiger charge is 2.49. The molecule has 82 valence electrons. The molecule has 1 aromatic rings. The van der Waals surface area contributed by atoms with Crippen LogP contribution in [0.5, 0.6) is 0 Å². The molecular weight excluding hydrogens is 345 g/mol. The lowest BCUT2D eigenvalue weighted by atomic mass is 10.2. The second-order valence-corrected chi connectivity index (χ2v) is 6.67. The van der Waals surface area contributed by atoms with E-state index in [1.165, 1.54) is 11.9 Å². The number of amides is 1. The Bertz CT molecular complexity index is 538. The topological polar surface area (TPSA) is 57.0 Å². The van der Waals surface area contributed by atoms with Gasteiger partial charge in [-0.05, 0) is 0 Å². The van der Waals surface area contributed by atoms with Gasteiger partial charge in [-0.15, -0.1) is 0 Å². The van der Waals surface area contributed by atoms with Crippen molar-refractivity contribution in [3.63, 3.8) is 0 Å². The maximum Gasteiger partial charge on any atom is 0.260 e. The molecule has 7 heteroatoms. The van der Waals surface area contributed by atoms with E-state index in [2.05, 4.69) is 36.8 Å². The van der Waals surface area contributed by atoms with Gasteiger partial charge in [0.05, 0.1) is 11.9 Å². The molecule has 0 N–H and O–H groups in total. The van der Waals surface area contributed by atoms with E-state index in [0.29, 0.717) is 0 Å². The third-order valence-corrected chi connectivity index (χ3v) is 3.75. The Morgan fingerprint density at radius 3 is 2.81 bits per heavy atom. The molecule has 4 nitrogen and oxygen atoms in total. The summed E-state index contributed by atoms with van der Waals surface area (Å²) in [6.45, 7) is 0. The number of nitriles is 1. The Balaban J connectivity index is 2.83. The van der Waals surface area contributed by atoms with E-state index in [-0.39, 0.29) is 22.9 Å². The van der Waals surface area contributed by atoms with Crippen LogP contribution in [0.25, 0.3) is 0 Å². The number of hydrogen-bond donors (Lipinski definition) is 0. The molecule has 0 radical (unpaired) electrons. The highest BCUT2D eigenvalue weighted by Crippen LogP contribution is 2.50. The molecular formula is C9H4Br2FN3O. The van der Waals surface area contributed by atoms with Crippen LogP contribution in [0.1, 0.15) is 11.3 Å². The second-order valence-electron chi connectivity index (χ2n) is 3.23. The molecule has 0 aliphatic carbocycles. The minimum atomic E-state index is -1.18. The van der Waals surface area contributed by atoms with E-state index in [1.807, 2.05) is 0 Å². The van der Waals surface area contributed by atoms with Crippen molar-refractivity contribution in [1.82, 2.24) is 4.98 Å². The maximum absolute atomic E-state index is 13.3. The standard InChI is InChI=1S/C9H4Br2FN3O/c1-15-6-4(2-13)5(12)3-14-7(6)9(10,11)8(15)16/h3H,1H3. The average Bonchev–Trinajstić information content (AvgIpc) is 2.41. The molecule has 1 aliphatic heterocycles. The van der Waals surface area contributed by atoms with Crippen molar-refractivity contribution in [2.45, 2.75) is 3.23 Å². The Hall–Kier alpha value is -1.00. The number of rotatable bonds is 0. The molecule has 0 saturated carbocycles. The zero-order valence-corrected chi connectivity index (χ0v) is 11.1. The van der Waals surface area contributed by atoms with Crippen molar-refractivity contribution in [1.29, 1.82) is 5.26 Å². The number of hydrogen-bond acceptors (Lipinski definition) is 3. The Labute approximate surface area is 107 Å². The summed E-state index contributed by atoms with van der Waals surface area (Å²) in [7, 11) is 1.47. The number of nitrogens with zero attached hydrogens (tertiary/aromatic N) is 3. The fourth-order valence-electron chi connectivity index (χ4n) is 1.55. The van der Waals surface area contributed by atoms with Crippen LogP contribution in [0, 0.1) is 17.1 Å². The molecule has 1 amide bonds. The predicted octanol–water partition coefficient (Wildman–Crippen LogP) is 2.01. The molecule has 0 unspecified atom stereocenters. The number of likely N-dealkylation sites (N-methyl/N-ethyl adjacent to an activating group) is 1. The van der Waals surface area contributed by atoms with Crippen LogP contribution in [-0.2, 0) is 8.03 Å². The lowest BCUT2D eigenvalue weighted by molar-refractivity contribution is -0.117. The van der Waals surface area contributed by atoms with Crippen LogP contribution in [0.15, 0.2) is 6.20 Å². The largest absolute Gasteiger partial charge is 0.310 e. The van der Waals surface area contributed by atoms with Crippen LogP contribution in [0.4, 0.5) is 10.1 Å². The van der Waals surface area contributed by atoms with Gasteiger partial charge < -0.3 is 4.90 Å². The van der Waals surface area contributed by atoms with Crippen LogP contribution in [0.2, 0.25) is 0 Å². The molecule has 16 heavy (non-hydrogen) atoms. The summed E-state index contributed by atoms with van der Waals surface area (Å²) in [5.74, 6) is -1.09. The summed E-state index contributed by atoms with van der Waals surface area (Å²) in [5.41, 5.74) is 0.306. The number of carbonyl (C=O) groups excluding carboxylic acids is 1. The normalized spacial score (nSPS) is 17.2. The minimum absolute atomic E-state index is 0.179. The summed E-state index contributed by atoms with van der Waals surface area (Å²) < 4.78 is 12.2. The summed E-state index contributed by atoms with van der Waals surface area (Å²) in [6, 6.07) is 1.73. The Kier molecular flexibility index (Phi) is 2.51. The van der Waals surface area contributed by atoms with Gasteiger partial charge in [0.2, 0.25) is 3.23 Å². The monoisotopic (exact) mass is 347 g/mol. The lowest BCUT2D eigenvalue weighted by Gasteiger charge is -2.11. The first kappa shape index (κ1) is 11.5. The van der Waals surface area contributed by atoms with Crippen molar-refractivity contribution < 1.29 is 9.18 Å². The number of anilines is 1. The predicted molar refractivity (Wildman–Crippen MR) is 61.9 cm³/mol. The third kappa shape index (κ3) is 1.30. The average molecular weight is 349 g/mol. The fourth-order valence-corrected chi connectivity index (χ4v) is 2.67. The SMILES string of the molecule is CN1C(=O)C(Br)(Br)c2ncc(F)c(C#N)c21. The van der Waals surface area contributed by atoms with E-state index in [1.54, 1.807) is 6.07 Å². The fraction of sp³-hybridized carbons (Fsp3) is 0.222. The number of fused-ring (bicyclic) bond motifs is 1. The smallest absolute Gasteiger partial charge is 0.260 e. The summed E-state index contributed by atoms with van der Waals surface area (Å²) in [4.78, 5) is 16.9. The van der Waals surface area contributed by atoms with Gasteiger partial charge in [0.15, 0.2) is 5.82 Å². The third-order valence-electron chi connectivity index (χ3n) is 2.32. The Morgan fingerprint density at radius 2 is 2.25 bits per heavy atom. The van der Waals surface area contributed by atoms with Gasteiger partial charge in [-0.25, -0.2) is 4.39 Å². The van der Waals surface area contributed by atoms with Crippen LogP contribution in [-0.4, -0.2) is 17.9 Å². The van der Waals surface area contributed by atoms with Crippen LogP contribution in [0.3, 0.4) is 0 Å². The lowest BCUT2D eigenvalue weighted by Crippen LogP contribution is -2.29. The summed E-state index contributed by atoms with van der Waals surface area (Å²) >= 11 is 6.33. The number of carbonyl (C=O) groups is 1. The van der Waals surface area contributed by atoms with Crippen LogP contribution >= 0.6 is 31.9 Å². The molecule has 2 heterocycles. The van der Waals surface area contributed by atoms with E-state index < -0.39 is 9.05 Å². The first-order valence-electron chi connectivity index (χ1n) is 4.16. The second kappa shape index (κ2) is 3.50. The molecule has 0 bridgehead atoms. The highest BCUT2D eigenvalue weighted by molar-refractivity contribution is 9.25. The molecule has 0 spiro atoms. The summed E-state index contributed by atoms with van der Waals surface area (Å²) in [5, 5.41) is 8.87. The summed E-state index contributed by atoms with van der Waals surface area (Å²) in [6.07, 6.45) is 0.932. The number of pyridine rings is 1. The van der Waals surface area contributed by atoms with Crippen molar-refractivity contribution >= 4 is 43.5 Å². The molecule has 0 atom stereocenters.